The quantitative estimate of drug-likeness (QED) is 0.588. The third-order valence-corrected chi connectivity index (χ3v) is 3.99. The molecule has 1 aliphatic heterocycles. The molecule has 0 bridgehead atoms. The van der Waals surface area contributed by atoms with Crippen molar-refractivity contribution in [2.24, 2.45) is 0 Å². The molecule has 1 unspecified atom stereocenters. The van der Waals surface area contributed by atoms with Crippen molar-refractivity contribution in [3.05, 3.63) is 71.3 Å². The Labute approximate surface area is 148 Å². The van der Waals surface area contributed by atoms with Gasteiger partial charge in [0.2, 0.25) is 0 Å². The van der Waals surface area contributed by atoms with Crippen LogP contribution in [0.2, 0.25) is 0 Å². The Morgan fingerprint density at radius 3 is 1.96 bits per heavy atom. The van der Waals surface area contributed by atoms with E-state index in [1.807, 2.05) is 0 Å². The summed E-state index contributed by atoms with van der Waals surface area (Å²) in [5, 5.41) is 0.607. The van der Waals surface area contributed by atoms with E-state index in [1.165, 1.54) is 36.4 Å². The van der Waals surface area contributed by atoms with Crippen molar-refractivity contribution >= 4 is 17.6 Å². The zero-order valence-corrected chi connectivity index (χ0v) is 13.7. The lowest BCUT2D eigenvalue weighted by Gasteiger charge is -2.21. The van der Waals surface area contributed by atoms with Crippen LogP contribution in [0.4, 0.5) is 8.78 Å². The first-order valence-corrected chi connectivity index (χ1v) is 8.01. The first kappa shape index (κ1) is 17.9. The van der Waals surface area contributed by atoms with Crippen molar-refractivity contribution < 1.29 is 28.0 Å². The number of halogens is 2. The van der Waals surface area contributed by atoms with Crippen LogP contribution < -0.4 is 0 Å². The fraction of sp³-hybridized carbons (Fsp3) is 0.211. The molecule has 0 aromatic heterocycles. The summed E-state index contributed by atoms with van der Waals surface area (Å²) in [6, 6.07) is 10.3. The van der Waals surface area contributed by atoms with Gasteiger partial charge in [0.25, 0.3) is 11.8 Å². The maximum atomic E-state index is 13.1. The van der Waals surface area contributed by atoms with E-state index >= 15 is 0 Å². The van der Waals surface area contributed by atoms with E-state index in [4.69, 9.17) is 4.84 Å². The highest BCUT2D eigenvalue weighted by molar-refractivity contribution is 6.02. The van der Waals surface area contributed by atoms with E-state index in [1.54, 1.807) is 0 Å². The summed E-state index contributed by atoms with van der Waals surface area (Å²) in [6.45, 7) is 0. The minimum Gasteiger partial charge on any atom is -0.291 e. The van der Waals surface area contributed by atoms with Crippen LogP contribution in [0.15, 0.2) is 48.5 Å². The predicted molar refractivity (Wildman–Crippen MR) is 86.8 cm³/mol. The van der Waals surface area contributed by atoms with Crippen LogP contribution in [0, 0.1) is 11.6 Å². The van der Waals surface area contributed by atoms with Gasteiger partial charge in [-0.15, -0.1) is 0 Å². The highest BCUT2D eigenvalue weighted by Gasteiger charge is 2.35. The molecule has 3 rings (SSSR count). The van der Waals surface area contributed by atoms with Crippen LogP contribution in [0.5, 0.6) is 0 Å². The summed E-state index contributed by atoms with van der Waals surface area (Å²) in [5.74, 6) is -2.48. The van der Waals surface area contributed by atoms with Crippen molar-refractivity contribution in [2.75, 3.05) is 0 Å². The number of hydrogen-bond acceptors (Lipinski definition) is 4. The molecule has 5 nitrogen and oxygen atoms in total. The molecule has 134 valence electrons. The third-order valence-electron chi connectivity index (χ3n) is 3.99. The lowest BCUT2D eigenvalue weighted by Crippen LogP contribution is -2.39. The molecule has 26 heavy (non-hydrogen) atoms. The van der Waals surface area contributed by atoms with Gasteiger partial charge in [0.15, 0.2) is 11.9 Å². The maximum absolute atomic E-state index is 13.1. The summed E-state index contributed by atoms with van der Waals surface area (Å²) >= 11 is 0. The van der Waals surface area contributed by atoms with Crippen LogP contribution in [0.1, 0.15) is 28.8 Å². The second kappa shape index (κ2) is 7.53. The molecule has 0 saturated carbocycles. The van der Waals surface area contributed by atoms with E-state index in [9.17, 15) is 23.2 Å². The zero-order chi connectivity index (χ0) is 18.7. The van der Waals surface area contributed by atoms with Gasteiger partial charge in [-0.1, -0.05) is 12.1 Å². The molecular weight excluding hydrogens is 344 g/mol. The highest BCUT2D eigenvalue weighted by atomic mass is 19.1. The fourth-order valence-electron chi connectivity index (χ4n) is 2.61. The second-order valence-electron chi connectivity index (χ2n) is 5.88. The Hall–Kier alpha value is -2.93. The molecule has 7 heteroatoms. The minimum atomic E-state index is -1.18. The van der Waals surface area contributed by atoms with Gasteiger partial charge < -0.3 is 0 Å². The average molecular weight is 359 g/mol. The van der Waals surface area contributed by atoms with Crippen LogP contribution in [0.25, 0.3) is 0 Å². The predicted octanol–water partition coefficient (Wildman–Crippen LogP) is 2.84. The van der Waals surface area contributed by atoms with E-state index in [2.05, 4.69) is 0 Å². The molecule has 1 aliphatic rings. The van der Waals surface area contributed by atoms with E-state index in [0.29, 0.717) is 10.6 Å². The summed E-state index contributed by atoms with van der Waals surface area (Å²) < 4.78 is 26.2. The Morgan fingerprint density at radius 1 is 0.923 bits per heavy atom. The van der Waals surface area contributed by atoms with Gasteiger partial charge in [0.05, 0.1) is 0 Å². The van der Waals surface area contributed by atoms with Crippen LogP contribution in [-0.2, 0) is 20.8 Å². The topological polar surface area (TPSA) is 63.7 Å². The highest BCUT2D eigenvalue weighted by Crippen LogP contribution is 2.19. The summed E-state index contributed by atoms with van der Waals surface area (Å²) in [6.07, 6.45) is -1.12. The number of amides is 2. The smallest absolute Gasteiger partial charge is 0.254 e. The van der Waals surface area contributed by atoms with Crippen LogP contribution in [-0.4, -0.2) is 28.8 Å². The molecule has 2 aromatic carbocycles. The molecule has 1 saturated heterocycles. The lowest BCUT2D eigenvalue weighted by molar-refractivity contribution is -0.195. The Balaban J connectivity index is 1.85. The lowest BCUT2D eigenvalue weighted by atomic mass is 10.00. The van der Waals surface area contributed by atoms with Gasteiger partial charge >= 0.3 is 0 Å². The summed E-state index contributed by atoms with van der Waals surface area (Å²) in [7, 11) is 0. The molecule has 0 aliphatic carbocycles. The zero-order valence-electron chi connectivity index (χ0n) is 13.7. The minimum absolute atomic E-state index is 0.0207. The van der Waals surface area contributed by atoms with Gasteiger partial charge in [0, 0.05) is 24.8 Å². The molecule has 0 N–H and O–H groups in total. The molecule has 0 spiro atoms. The molecule has 2 amide bonds. The fourth-order valence-corrected chi connectivity index (χ4v) is 2.61. The van der Waals surface area contributed by atoms with E-state index in [0.717, 1.165) is 12.1 Å². The van der Waals surface area contributed by atoms with Crippen LogP contribution >= 0.6 is 0 Å². The molecule has 1 atom stereocenters. The maximum Gasteiger partial charge on any atom is 0.254 e. The number of imide groups is 1. The number of rotatable bonds is 6. The summed E-state index contributed by atoms with van der Waals surface area (Å²) in [4.78, 5) is 41.8. The number of hydroxylamine groups is 2. The van der Waals surface area contributed by atoms with E-state index < -0.39 is 35.3 Å². The molecule has 1 heterocycles. The van der Waals surface area contributed by atoms with Gasteiger partial charge in [-0.05, 0) is 42.0 Å². The molecular formula is C19H15F2NO4. The van der Waals surface area contributed by atoms with Crippen molar-refractivity contribution in [1.82, 2.24) is 5.06 Å². The normalized spacial score (nSPS) is 15.4. The SMILES string of the molecule is O=C(c1ccc(F)cc1)C(Cc1ccc(F)cc1)ON1C(=O)CCC1=O. The number of carbonyl (C=O) groups excluding carboxylic acids is 3. The average Bonchev–Trinajstić information content (AvgIpc) is 2.95. The molecule has 0 radical (unpaired) electrons. The van der Waals surface area contributed by atoms with Crippen molar-refractivity contribution in [2.45, 2.75) is 25.4 Å². The van der Waals surface area contributed by atoms with Crippen molar-refractivity contribution in [3.8, 4) is 0 Å². The van der Waals surface area contributed by atoms with Crippen LogP contribution in [0.3, 0.4) is 0 Å². The number of ketones is 1. The number of carbonyl (C=O) groups is 3. The largest absolute Gasteiger partial charge is 0.291 e. The van der Waals surface area contributed by atoms with Crippen molar-refractivity contribution in [1.29, 1.82) is 0 Å². The Morgan fingerprint density at radius 2 is 1.42 bits per heavy atom. The Kier molecular flexibility index (Phi) is 5.18. The Bertz CT molecular complexity index is 818. The monoisotopic (exact) mass is 359 g/mol. The number of nitrogens with zero attached hydrogens (tertiary/aromatic N) is 1. The van der Waals surface area contributed by atoms with Gasteiger partial charge in [-0.2, -0.15) is 5.06 Å². The molecule has 1 fully saturated rings. The van der Waals surface area contributed by atoms with Gasteiger partial charge in [0.1, 0.15) is 11.6 Å². The first-order valence-electron chi connectivity index (χ1n) is 8.01. The third kappa shape index (κ3) is 4.00. The van der Waals surface area contributed by atoms with E-state index in [-0.39, 0.29) is 24.8 Å². The first-order chi connectivity index (χ1) is 12.4. The molecule has 2 aromatic rings. The van der Waals surface area contributed by atoms with Gasteiger partial charge in [-0.3, -0.25) is 19.2 Å². The number of hydrogen-bond donors (Lipinski definition) is 0. The number of Topliss-reactive ketones (excluding diaryl/α,β-unsaturated/α-hetero) is 1. The van der Waals surface area contributed by atoms with Gasteiger partial charge in [-0.25, -0.2) is 8.78 Å². The summed E-state index contributed by atoms with van der Waals surface area (Å²) in [5.41, 5.74) is 0.767. The number of benzene rings is 2. The second-order valence-corrected chi connectivity index (χ2v) is 5.88. The van der Waals surface area contributed by atoms with Crippen molar-refractivity contribution in [3.63, 3.8) is 0 Å². The standard InChI is InChI=1S/C19H15F2NO4/c20-14-5-1-12(2-6-14)11-16(26-22-17(23)9-10-18(22)24)19(25)13-3-7-15(21)8-4-13/h1-8,16H,9-11H2.